The monoisotopic (exact) mass is 341 g/mol. The van der Waals surface area contributed by atoms with E-state index in [0.717, 1.165) is 5.56 Å². The number of hydrogen-bond acceptors (Lipinski definition) is 5. The van der Waals surface area contributed by atoms with Gasteiger partial charge in [0.2, 0.25) is 5.43 Å². The van der Waals surface area contributed by atoms with E-state index in [-0.39, 0.29) is 29.3 Å². The zero-order chi connectivity index (χ0) is 18.0. The predicted molar refractivity (Wildman–Crippen MR) is 90.9 cm³/mol. The molecule has 0 aliphatic carbocycles. The number of aromatic nitrogens is 1. The van der Waals surface area contributed by atoms with Crippen LogP contribution in [-0.4, -0.2) is 23.4 Å². The van der Waals surface area contributed by atoms with Gasteiger partial charge in [-0.2, -0.15) is 0 Å². The Balaban J connectivity index is 2.08. The van der Waals surface area contributed by atoms with Crippen LogP contribution in [0.1, 0.15) is 41.1 Å². The fourth-order valence-corrected chi connectivity index (χ4v) is 3.16. The van der Waals surface area contributed by atoms with Crippen molar-refractivity contribution >= 4 is 11.8 Å². The van der Waals surface area contributed by atoms with Crippen molar-refractivity contribution in [2.24, 2.45) is 0 Å². The molecule has 2 heterocycles. The van der Waals surface area contributed by atoms with Crippen molar-refractivity contribution < 1.29 is 19.1 Å². The predicted octanol–water partition coefficient (Wildman–Crippen LogP) is 2.29. The van der Waals surface area contributed by atoms with Gasteiger partial charge in [-0.1, -0.05) is 30.3 Å². The number of rotatable bonds is 5. The first kappa shape index (κ1) is 17.0. The molecule has 0 spiro atoms. The SMILES string of the molecule is COC(=O)c1c(OCc2ccccc2)c(=O)cc2n1C(C(C)=O)CC2. The van der Waals surface area contributed by atoms with E-state index in [1.165, 1.54) is 20.1 Å². The number of ketones is 1. The largest absolute Gasteiger partial charge is 0.482 e. The van der Waals surface area contributed by atoms with Crippen molar-refractivity contribution in [2.75, 3.05) is 7.11 Å². The molecule has 1 unspecified atom stereocenters. The highest BCUT2D eigenvalue weighted by atomic mass is 16.5. The van der Waals surface area contributed by atoms with Crippen LogP contribution in [0.25, 0.3) is 0 Å². The van der Waals surface area contributed by atoms with Gasteiger partial charge in [0.15, 0.2) is 17.2 Å². The third-order valence-electron chi connectivity index (χ3n) is 4.35. The molecule has 1 aromatic carbocycles. The van der Waals surface area contributed by atoms with Gasteiger partial charge in [0, 0.05) is 11.8 Å². The van der Waals surface area contributed by atoms with Crippen molar-refractivity contribution in [3.05, 3.63) is 63.6 Å². The Kier molecular flexibility index (Phi) is 4.70. The maximum atomic E-state index is 12.5. The lowest BCUT2D eigenvalue weighted by Gasteiger charge is -2.19. The summed E-state index contributed by atoms with van der Waals surface area (Å²) in [5, 5.41) is 0. The molecule has 2 aromatic rings. The van der Waals surface area contributed by atoms with Crippen LogP contribution < -0.4 is 10.2 Å². The minimum atomic E-state index is -0.685. The number of nitrogens with zero attached hydrogens (tertiary/aromatic N) is 1. The maximum absolute atomic E-state index is 12.5. The normalized spacial score (nSPS) is 15.5. The molecule has 0 bridgehead atoms. The number of aryl methyl sites for hydroxylation is 1. The number of fused-ring (bicyclic) bond motifs is 1. The second-order valence-corrected chi connectivity index (χ2v) is 5.98. The van der Waals surface area contributed by atoms with E-state index >= 15 is 0 Å². The van der Waals surface area contributed by atoms with Gasteiger partial charge in [-0.3, -0.25) is 9.59 Å². The maximum Gasteiger partial charge on any atom is 0.358 e. The van der Waals surface area contributed by atoms with Crippen LogP contribution in [0.4, 0.5) is 0 Å². The highest BCUT2D eigenvalue weighted by Gasteiger charge is 2.33. The van der Waals surface area contributed by atoms with Crippen molar-refractivity contribution in [3.63, 3.8) is 0 Å². The second-order valence-electron chi connectivity index (χ2n) is 5.98. The van der Waals surface area contributed by atoms with Crippen LogP contribution in [0.3, 0.4) is 0 Å². The lowest BCUT2D eigenvalue weighted by molar-refractivity contribution is -0.119. The van der Waals surface area contributed by atoms with Crippen LogP contribution in [0.15, 0.2) is 41.2 Å². The van der Waals surface area contributed by atoms with Gasteiger partial charge in [-0.15, -0.1) is 0 Å². The highest BCUT2D eigenvalue weighted by molar-refractivity contribution is 5.92. The molecule has 25 heavy (non-hydrogen) atoms. The molecular formula is C19H19NO5. The molecular weight excluding hydrogens is 322 g/mol. The zero-order valence-electron chi connectivity index (χ0n) is 14.2. The lowest BCUT2D eigenvalue weighted by Crippen LogP contribution is -2.26. The van der Waals surface area contributed by atoms with Gasteiger partial charge in [-0.05, 0) is 25.3 Å². The molecule has 1 aliphatic heterocycles. The van der Waals surface area contributed by atoms with E-state index in [2.05, 4.69) is 0 Å². The summed E-state index contributed by atoms with van der Waals surface area (Å²) < 4.78 is 12.1. The first-order chi connectivity index (χ1) is 12.0. The van der Waals surface area contributed by atoms with Crippen molar-refractivity contribution in [1.29, 1.82) is 0 Å². The lowest BCUT2D eigenvalue weighted by atomic mass is 10.1. The van der Waals surface area contributed by atoms with E-state index in [9.17, 15) is 14.4 Å². The molecule has 1 atom stereocenters. The third kappa shape index (κ3) is 3.20. The van der Waals surface area contributed by atoms with Gasteiger partial charge in [-0.25, -0.2) is 4.79 Å². The first-order valence-corrected chi connectivity index (χ1v) is 8.07. The summed E-state index contributed by atoms with van der Waals surface area (Å²) in [6.07, 6.45) is 1.11. The molecule has 0 N–H and O–H groups in total. The summed E-state index contributed by atoms with van der Waals surface area (Å²) in [5.74, 6) is -0.829. The van der Waals surface area contributed by atoms with Gasteiger partial charge >= 0.3 is 5.97 Å². The summed E-state index contributed by atoms with van der Waals surface area (Å²) in [7, 11) is 1.24. The number of esters is 1. The summed E-state index contributed by atoms with van der Waals surface area (Å²) in [5.41, 5.74) is 1.15. The molecule has 0 amide bonds. The van der Waals surface area contributed by atoms with E-state index in [1.807, 2.05) is 30.3 Å². The molecule has 0 saturated heterocycles. The van der Waals surface area contributed by atoms with E-state index in [4.69, 9.17) is 9.47 Å². The van der Waals surface area contributed by atoms with Gasteiger partial charge < -0.3 is 14.0 Å². The summed E-state index contributed by atoms with van der Waals surface area (Å²) >= 11 is 0. The molecule has 3 rings (SSSR count). The molecule has 6 nitrogen and oxygen atoms in total. The quantitative estimate of drug-likeness (QED) is 0.780. The zero-order valence-corrected chi connectivity index (χ0v) is 14.2. The number of benzene rings is 1. The van der Waals surface area contributed by atoms with Crippen LogP contribution in [-0.2, 0) is 22.6 Å². The van der Waals surface area contributed by atoms with Crippen molar-refractivity contribution in [1.82, 2.24) is 4.57 Å². The fourth-order valence-electron chi connectivity index (χ4n) is 3.16. The van der Waals surface area contributed by atoms with Crippen LogP contribution in [0, 0.1) is 0 Å². The minimum Gasteiger partial charge on any atom is -0.482 e. The summed E-state index contributed by atoms with van der Waals surface area (Å²) in [6, 6.07) is 10.3. The van der Waals surface area contributed by atoms with E-state index in [1.54, 1.807) is 4.57 Å². The van der Waals surface area contributed by atoms with Gasteiger partial charge in [0.25, 0.3) is 0 Å². The average molecular weight is 341 g/mol. The number of ether oxygens (including phenoxy) is 2. The third-order valence-corrected chi connectivity index (χ3v) is 4.35. The number of hydrogen-bond donors (Lipinski definition) is 0. The van der Waals surface area contributed by atoms with Crippen molar-refractivity contribution in [3.8, 4) is 5.75 Å². The van der Waals surface area contributed by atoms with E-state index < -0.39 is 12.0 Å². The van der Waals surface area contributed by atoms with Crippen LogP contribution in [0.5, 0.6) is 5.75 Å². The van der Waals surface area contributed by atoms with Crippen molar-refractivity contribution in [2.45, 2.75) is 32.4 Å². The number of carbonyl (C=O) groups excluding carboxylic acids is 2. The summed E-state index contributed by atoms with van der Waals surface area (Å²) in [6.45, 7) is 1.62. The summed E-state index contributed by atoms with van der Waals surface area (Å²) in [4.78, 5) is 36.8. The molecule has 1 aromatic heterocycles. The molecule has 1 aliphatic rings. The number of carbonyl (C=O) groups is 2. The van der Waals surface area contributed by atoms with E-state index in [0.29, 0.717) is 18.5 Å². The molecule has 0 fully saturated rings. The number of pyridine rings is 1. The Bertz CT molecular complexity index is 869. The molecule has 6 heteroatoms. The smallest absolute Gasteiger partial charge is 0.358 e. The van der Waals surface area contributed by atoms with Gasteiger partial charge in [0.05, 0.1) is 13.2 Å². The van der Waals surface area contributed by atoms with Crippen LogP contribution >= 0.6 is 0 Å². The topological polar surface area (TPSA) is 74.6 Å². The Morgan fingerprint density at radius 3 is 2.60 bits per heavy atom. The highest BCUT2D eigenvalue weighted by Crippen LogP contribution is 2.31. The first-order valence-electron chi connectivity index (χ1n) is 8.07. The minimum absolute atomic E-state index is 0.0126. The Morgan fingerprint density at radius 2 is 1.96 bits per heavy atom. The van der Waals surface area contributed by atoms with Crippen LogP contribution in [0.2, 0.25) is 0 Å². The Morgan fingerprint density at radius 1 is 1.24 bits per heavy atom. The Hall–Kier alpha value is -2.89. The van der Waals surface area contributed by atoms with Gasteiger partial charge in [0.1, 0.15) is 6.61 Å². The number of methoxy groups -OCH3 is 1. The second kappa shape index (κ2) is 6.93. The molecule has 0 saturated carbocycles. The fraction of sp³-hybridized carbons (Fsp3) is 0.316. The number of Topliss-reactive ketones (excluding diaryl/α,β-unsaturated/α-hetero) is 1. The average Bonchev–Trinajstić information content (AvgIpc) is 3.03. The molecule has 130 valence electrons. The molecule has 0 radical (unpaired) electrons. The Labute approximate surface area is 145 Å². The standard InChI is InChI=1S/C19H19NO5/c1-12(21)15-9-8-14-10-16(22)18(17(20(14)15)19(23)24-2)25-11-13-6-4-3-5-7-13/h3-7,10,15H,8-9,11H2,1-2H3.